The Kier molecular flexibility index (Phi) is 28.6. The molecular formula is C32H48N2O12Zn. The third kappa shape index (κ3) is 20.0. The predicted molar refractivity (Wildman–Crippen MR) is 166 cm³/mol. The number of hydrogen-bond acceptors (Lipinski definition) is 10. The monoisotopic (exact) mass is 716 g/mol. The molecule has 2 unspecified atom stereocenters. The summed E-state index contributed by atoms with van der Waals surface area (Å²) in [5, 5.41) is 21.8. The zero-order valence-electron chi connectivity index (χ0n) is 27.6. The minimum absolute atomic E-state index is 0. The first-order valence-corrected chi connectivity index (χ1v) is 15.0. The van der Waals surface area contributed by atoms with Gasteiger partial charge in [-0.1, -0.05) is 90.5 Å². The van der Waals surface area contributed by atoms with E-state index < -0.39 is 24.1 Å². The third-order valence-electron chi connectivity index (χ3n) is 6.23. The largest absolute Gasteiger partial charge is 2.00 e. The van der Waals surface area contributed by atoms with E-state index >= 15 is 0 Å². The maximum Gasteiger partial charge on any atom is 2.00 e. The number of unbranched alkanes of at least 4 members (excludes halogenated alkanes) is 2. The fourth-order valence-electron chi connectivity index (χ4n) is 4.02. The summed E-state index contributed by atoms with van der Waals surface area (Å²) in [5.74, 6) is -2.75. The molecule has 47 heavy (non-hydrogen) atoms. The fourth-order valence-corrected chi connectivity index (χ4v) is 4.02. The van der Waals surface area contributed by atoms with Gasteiger partial charge in [-0.25, -0.2) is 9.59 Å². The molecule has 0 aliphatic rings. The molecule has 0 aromatic heterocycles. The van der Waals surface area contributed by atoms with Crippen LogP contribution in [0.4, 0.5) is 9.59 Å². The topological polar surface area (TPSA) is 238 Å². The number of hydroxylamine groups is 2. The van der Waals surface area contributed by atoms with Gasteiger partial charge >= 0.3 is 31.7 Å². The zero-order valence-corrected chi connectivity index (χ0v) is 30.6. The number of hydrogen-bond donors (Lipinski definition) is 2. The zero-order chi connectivity index (χ0) is 32.7. The van der Waals surface area contributed by atoms with E-state index in [1.807, 2.05) is 13.8 Å². The molecule has 260 valence electrons. The number of aromatic carboxylic acids is 2. The van der Waals surface area contributed by atoms with Crippen LogP contribution in [0.25, 0.3) is 0 Å². The van der Waals surface area contributed by atoms with Crippen molar-refractivity contribution in [2.24, 2.45) is 0 Å². The van der Waals surface area contributed by atoms with Gasteiger partial charge in [0.1, 0.15) is 12.2 Å². The number of para-hydroxylation sites is 2. The van der Waals surface area contributed by atoms with E-state index in [0.29, 0.717) is 0 Å². The van der Waals surface area contributed by atoms with Gasteiger partial charge in [-0.15, -0.1) is 0 Å². The second-order valence-corrected chi connectivity index (χ2v) is 9.89. The Hall–Kier alpha value is -3.94. The molecule has 2 amide bonds. The molecule has 0 bridgehead atoms. The first kappa shape index (κ1) is 47.5. The average Bonchev–Trinajstić information content (AvgIpc) is 3.01. The van der Waals surface area contributed by atoms with Gasteiger partial charge in [0.25, 0.3) is 0 Å². The van der Waals surface area contributed by atoms with Gasteiger partial charge < -0.3 is 49.9 Å². The Balaban J connectivity index is -0.000000774. The van der Waals surface area contributed by atoms with E-state index in [0.717, 1.165) is 64.2 Å². The number of carboxylic acids is 2. The summed E-state index contributed by atoms with van der Waals surface area (Å²) in [4.78, 5) is 55.3. The Labute approximate surface area is 288 Å². The normalized spacial score (nSPS) is 10.8. The molecule has 2 atom stereocenters. The standard InChI is InChI=1S/2C16H23NO5.2H2O.Zn/c2*1-3-5-9-12(8-4-2)21-16(20)17-22-14-11-7-6-10-13(14)15(18)19;;;/h2*6-7,10-12H,3-5,8-9H2,1-2H3,(H,17,20)(H,18,19);2*1H2;/q;;;;+2/p-2. The van der Waals surface area contributed by atoms with Crippen molar-refractivity contribution in [2.45, 2.75) is 104 Å². The van der Waals surface area contributed by atoms with Gasteiger partial charge in [0.2, 0.25) is 0 Å². The summed E-state index contributed by atoms with van der Waals surface area (Å²) in [6, 6.07) is 11.8. The molecule has 2 rings (SSSR count). The maximum atomic E-state index is 11.7. The van der Waals surface area contributed by atoms with Gasteiger partial charge in [0.15, 0.2) is 11.5 Å². The summed E-state index contributed by atoms with van der Waals surface area (Å²) >= 11 is 0. The third-order valence-corrected chi connectivity index (χ3v) is 6.23. The molecule has 0 saturated heterocycles. The minimum Gasteiger partial charge on any atom is -0.545 e. The van der Waals surface area contributed by atoms with Crippen LogP contribution in [-0.2, 0) is 29.0 Å². The Morgan fingerprint density at radius 1 is 0.596 bits per heavy atom. The number of nitrogens with one attached hydrogen (secondary N) is 2. The Morgan fingerprint density at radius 2 is 0.936 bits per heavy atom. The molecule has 2 aromatic rings. The molecule has 0 heterocycles. The maximum absolute atomic E-state index is 11.7. The van der Waals surface area contributed by atoms with Gasteiger partial charge in [-0.2, -0.15) is 11.0 Å². The Bertz CT molecular complexity index is 1080. The van der Waals surface area contributed by atoms with Crippen molar-refractivity contribution < 1.29 is 79.0 Å². The van der Waals surface area contributed by atoms with Gasteiger partial charge in [0.05, 0.1) is 11.9 Å². The van der Waals surface area contributed by atoms with Crippen LogP contribution in [-0.4, -0.2) is 47.3 Å². The van der Waals surface area contributed by atoms with Gasteiger partial charge in [0, 0.05) is 11.1 Å². The number of ether oxygens (including phenoxy) is 2. The molecule has 15 heteroatoms. The van der Waals surface area contributed by atoms with E-state index in [2.05, 4.69) is 24.8 Å². The summed E-state index contributed by atoms with van der Waals surface area (Å²) in [5.41, 5.74) is 3.93. The quantitative estimate of drug-likeness (QED) is 0.169. The van der Waals surface area contributed by atoms with Crippen molar-refractivity contribution in [2.75, 3.05) is 0 Å². The number of carboxylic acid groups (broad SMARTS) is 2. The second kappa shape index (κ2) is 28.3. The van der Waals surface area contributed by atoms with Crippen LogP contribution in [0.5, 0.6) is 11.5 Å². The number of carbonyl (C=O) groups excluding carboxylic acids is 4. The summed E-state index contributed by atoms with van der Waals surface area (Å²) in [7, 11) is 0. The first-order valence-electron chi connectivity index (χ1n) is 15.0. The first-order chi connectivity index (χ1) is 21.2. The van der Waals surface area contributed by atoms with E-state index in [1.165, 1.54) is 24.3 Å². The molecule has 6 N–H and O–H groups in total. The van der Waals surface area contributed by atoms with Crippen molar-refractivity contribution in [1.82, 2.24) is 11.0 Å². The van der Waals surface area contributed by atoms with Crippen LogP contribution in [0, 0.1) is 0 Å². The van der Waals surface area contributed by atoms with Crippen molar-refractivity contribution in [1.29, 1.82) is 0 Å². The van der Waals surface area contributed by atoms with Crippen LogP contribution < -0.4 is 30.8 Å². The number of rotatable bonds is 18. The summed E-state index contributed by atoms with van der Waals surface area (Å²) < 4.78 is 10.6. The van der Waals surface area contributed by atoms with Gasteiger partial charge in [-0.3, -0.25) is 0 Å². The van der Waals surface area contributed by atoms with Crippen molar-refractivity contribution in [3.8, 4) is 11.5 Å². The second-order valence-electron chi connectivity index (χ2n) is 9.89. The number of carbonyl (C=O) groups is 4. The molecule has 0 radical (unpaired) electrons. The molecular weight excluding hydrogens is 670 g/mol. The molecule has 0 aliphatic heterocycles. The SMILES string of the molecule is CCCCC(CCC)OC(=O)NOc1ccccc1C(=O)[O-].CCCCC(CCC)OC(=O)NOc1ccccc1C(=O)[O-].O.O.[Zn+2]. The molecule has 0 fully saturated rings. The average molecular weight is 718 g/mol. The Morgan fingerprint density at radius 3 is 1.23 bits per heavy atom. The van der Waals surface area contributed by atoms with Crippen molar-refractivity contribution >= 4 is 24.1 Å². The van der Waals surface area contributed by atoms with E-state index in [1.54, 1.807) is 24.3 Å². The minimum atomic E-state index is -1.38. The summed E-state index contributed by atoms with van der Waals surface area (Å²) in [6.07, 6.45) is 7.21. The molecule has 0 saturated carbocycles. The molecule has 2 aromatic carbocycles. The van der Waals surface area contributed by atoms with Crippen LogP contribution in [0.2, 0.25) is 0 Å². The van der Waals surface area contributed by atoms with Crippen molar-refractivity contribution in [3.05, 3.63) is 59.7 Å². The van der Waals surface area contributed by atoms with E-state index in [4.69, 9.17) is 19.1 Å². The fraction of sp³-hybridized carbons (Fsp3) is 0.500. The van der Waals surface area contributed by atoms with Gasteiger partial charge in [-0.05, 0) is 49.9 Å². The van der Waals surface area contributed by atoms with E-state index in [-0.39, 0.29) is 65.3 Å². The number of benzene rings is 2. The van der Waals surface area contributed by atoms with Crippen LogP contribution >= 0.6 is 0 Å². The van der Waals surface area contributed by atoms with Crippen LogP contribution in [0.3, 0.4) is 0 Å². The smallest absolute Gasteiger partial charge is 0.545 e. The molecule has 0 spiro atoms. The van der Waals surface area contributed by atoms with Crippen LogP contribution in [0.1, 0.15) is 113 Å². The van der Waals surface area contributed by atoms with Crippen LogP contribution in [0.15, 0.2) is 48.5 Å². The number of amides is 2. The summed E-state index contributed by atoms with van der Waals surface area (Å²) in [6.45, 7) is 8.19. The van der Waals surface area contributed by atoms with E-state index in [9.17, 15) is 29.4 Å². The van der Waals surface area contributed by atoms with Crippen molar-refractivity contribution in [3.63, 3.8) is 0 Å². The predicted octanol–water partition coefficient (Wildman–Crippen LogP) is 3.21. The molecule has 0 aliphatic carbocycles. The molecule has 14 nitrogen and oxygen atoms in total.